The highest BCUT2D eigenvalue weighted by atomic mass is 15.2. The Bertz CT molecular complexity index is 365. The van der Waals surface area contributed by atoms with Gasteiger partial charge in [-0.1, -0.05) is 6.42 Å². The van der Waals surface area contributed by atoms with Crippen molar-refractivity contribution < 1.29 is 0 Å². The van der Waals surface area contributed by atoms with Gasteiger partial charge in [-0.3, -0.25) is 11.3 Å². The van der Waals surface area contributed by atoms with Crippen LogP contribution in [-0.4, -0.2) is 6.04 Å². The highest BCUT2D eigenvalue weighted by Gasteiger charge is 2.66. The first-order chi connectivity index (χ1) is 9.35. The zero-order valence-electron chi connectivity index (χ0n) is 11.9. The first-order valence-electron chi connectivity index (χ1n) is 8.81. The van der Waals surface area contributed by atoms with Gasteiger partial charge in [0.2, 0.25) is 0 Å². The maximum atomic E-state index is 5.95. The molecule has 0 amide bonds. The Hall–Kier alpha value is -0.0800. The van der Waals surface area contributed by atoms with Crippen LogP contribution in [0.2, 0.25) is 0 Å². The predicted molar refractivity (Wildman–Crippen MR) is 76.0 cm³/mol. The molecule has 2 nitrogen and oxygen atoms in total. The normalized spacial score (nSPS) is 58.6. The van der Waals surface area contributed by atoms with E-state index in [1.165, 1.54) is 38.5 Å². The minimum absolute atomic E-state index is 0.655. The molecule has 19 heavy (non-hydrogen) atoms. The van der Waals surface area contributed by atoms with Crippen molar-refractivity contribution in [2.75, 3.05) is 0 Å². The van der Waals surface area contributed by atoms with E-state index in [1.54, 1.807) is 12.8 Å². The Balaban J connectivity index is 1.27. The van der Waals surface area contributed by atoms with E-state index >= 15 is 0 Å². The zero-order valence-corrected chi connectivity index (χ0v) is 11.9. The topological polar surface area (TPSA) is 38.0 Å². The number of hydrogen-bond acceptors (Lipinski definition) is 2. The number of hydrogen-bond donors (Lipinski definition) is 2. The van der Waals surface area contributed by atoms with Crippen LogP contribution in [0.1, 0.15) is 51.4 Å². The van der Waals surface area contributed by atoms with Gasteiger partial charge in [-0.25, -0.2) is 0 Å². The highest BCUT2D eigenvalue weighted by molar-refractivity contribution is 5.15. The third-order valence-corrected chi connectivity index (χ3v) is 7.91. The Morgan fingerprint density at radius 3 is 2.21 bits per heavy atom. The van der Waals surface area contributed by atoms with Gasteiger partial charge < -0.3 is 0 Å². The van der Waals surface area contributed by atoms with Gasteiger partial charge in [-0.15, -0.1) is 0 Å². The third-order valence-electron chi connectivity index (χ3n) is 7.91. The van der Waals surface area contributed by atoms with Crippen LogP contribution in [0.3, 0.4) is 0 Å². The third kappa shape index (κ3) is 1.56. The Labute approximate surface area is 116 Å². The van der Waals surface area contributed by atoms with Crippen LogP contribution in [0.5, 0.6) is 0 Å². The van der Waals surface area contributed by atoms with Crippen molar-refractivity contribution in [3.05, 3.63) is 0 Å². The molecule has 5 aliphatic carbocycles. The van der Waals surface area contributed by atoms with E-state index in [1.807, 2.05) is 0 Å². The van der Waals surface area contributed by atoms with Crippen LogP contribution in [0.25, 0.3) is 0 Å². The van der Waals surface area contributed by atoms with Crippen molar-refractivity contribution in [3.63, 3.8) is 0 Å². The summed E-state index contributed by atoms with van der Waals surface area (Å²) >= 11 is 0. The predicted octanol–water partition coefficient (Wildman–Crippen LogP) is 2.94. The second-order valence-electron chi connectivity index (χ2n) is 8.51. The highest BCUT2D eigenvalue weighted by Crippen LogP contribution is 2.70. The van der Waals surface area contributed by atoms with Gasteiger partial charge >= 0.3 is 0 Å². The zero-order chi connectivity index (χ0) is 12.6. The molecule has 0 aliphatic heterocycles. The SMILES string of the molecule is NNC(CC1CC2CCC1C2)C1C2C3CCC(C3)C21. The summed E-state index contributed by atoms with van der Waals surface area (Å²) in [5, 5.41) is 0. The minimum atomic E-state index is 0.655. The van der Waals surface area contributed by atoms with Gasteiger partial charge in [0.05, 0.1) is 0 Å². The molecule has 5 fully saturated rings. The molecule has 8 unspecified atom stereocenters. The quantitative estimate of drug-likeness (QED) is 0.602. The molecule has 0 saturated heterocycles. The summed E-state index contributed by atoms with van der Waals surface area (Å²) in [6.07, 6.45) is 12.2. The summed E-state index contributed by atoms with van der Waals surface area (Å²) in [5.74, 6) is 14.4. The monoisotopic (exact) mass is 260 g/mol. The first kappa shape index (κ1) is 11.6. The molecule has 0 spiro atoms. The summed E-state index contributed by atoms with van der Waals surface area (Å²) in [7, 11) is 0. The van der Waals surface area contributed by atoms with Gasteiger partial charge in [0.15, 0.2) is 0 Å². The molecule has 3 N–H and O–H groups in total. The van der Waals surface area contributed by atoms with Crippen LogP contribution in [0.15, 0.2) is 0 Å². The Morgan fingerprint density at radius 1 is 0.895 bits per heavy atom. The standard InChI is InChI=1S/C17H28N2/c18-19-14(8-13-6-9-1-2-10(13)5-9)17-15-11-3-4-12(7-11)16(15)17/h9-17,19H,1-8,18H2. The maximum Gasteiger partial charge on any atom is 0.0247 e. The molecule has 5 saturated carbocycles. The van der Waals surface area contributed by atoms with Gasteiger partial charge in [0.1, 0.15) is 0 Å². The van der Waals surface area contributed by atoms with Crippen LogP contribution in [0, 0.1) is 47.3 Å². The number of nitrogens with two attached hydrogens (primary N) is 1. The molecule has 5 aliphatic rings. The maximum absolute atomic E-state index is 5.95. The van der Waals surface area contributed by atoms with E-state index < -0.39 is 0 Å². The molecule has 0 aromatic carbocycles. The molecule has 0 radical (unpaired) electrons. The van der Waals surface area contributed by atoms with E-state index in [9.17, 15) is 0 Å². The van der Waals surface area contributed by atoms with Crippen molar-refractivity contribution in [1.82, 2.24) is 5.43 Å². The van der Waals surface area contributed by atoms with E-state index in [2.05, 4.69) is 5.43 Å². The summed E-state index contributed by atoms with van der Waals surface area (Å²) in [6.45, 7) is 0. The Morgan fingerprint density at radius 2 is 1.63 bits per heavy atom. The fraction of sp³-hybridized carbons (Fsp3) is 1.00. The van der Waals surface area contributed by atoms with Crippen molar-refractivity contribution >= 4 is 0 Å². The number of hydrazine groups is 1. The van der Waals surface area contributed by atoms with Crippen LogP contribution in [0.4, 0.5) is 0 Å². The lowest BCUT2D eigenvalue weighted by Gasteiger charge is -2.28. The van der Waals surface area contributed by atoms with Crippen molar-refractivity contribution in [2.45, 2.75) is 57.4 Å². The number of fused-ring (bicyclic) bond motifs is 7. The van der Waals surface area contributed by atoms with Crippen LogP contribution in [-0.2, 0) is 0 Å². The average Bonchev–Trinajstić information content (AvgIpc) is 2.93. The van der Waals surface area contributed by atoms with E-state index in [-0.39, 0.29) is 0 Å². The summed E-state index contributed by atoms with van der Waals surface area (Å²) in [4.78, 5) is 0. The molecule has 0 heterocycles. The molecule has 8 atom stereocenters. The lowest BCUT2D eigenvalue weighted by Crippen LogP contribution is -2.40. The second kappa shape index (κ2) is 3.98. The van der Waals surface area contributed by atoms with Crippen LogP contribution < -0.4 is 11.3 Å². The van der Waals surface area contributed by atoms with E-state index in [4.69, 9.17) is 5.84 Å². The van der Waals surface area contributed by atoms with Gasteiger partial charge in [-0.05, 0) is 92.3 Å². The molecule has 0 aromatic heterocycles. The summed E-state index contributed by atoms with van der Waals surface area (Å²) in [6, 6.07) is 0.655. The van der Waals surface area contributed by atoms with Crippen molar-refractivity contribution in [1.29, 1.82) is 0 Å². The van der Waals surface area contributed by atoms with E-state index in [0.29, 0.717) is 6.04 Å². The lowest BCUT2D eigenvalue weighted by molar-refractivity contribution is 0.248. The van der Waals surface area contributed by atoms with Gasteiger partial charge in [-0.2, -0.15) is 0 Å². The van der Waals surface area contributed by atoms with Crippen molar-refractivity contribution in [2.24, 2.45) is 53.2 Å². The van der Waals surface area contributed by atoms with Gasteiger partial charge in [0, 0.05) is 6.04 Å². The summed E-state index contributed by atoms with van der Waals surface area (Å²) in [5.41, 5.74) is 3.25. The number of nitrogens with one attached hydrogen (secondary N) is 1. The lowest BCUT2D eigenvalue weighted by atomic mass is 9.82. The molecule has 0 aromatic rings. The summed E-state index contributed by atoms with van der Waals surface area (Å²) < 4.78 is 0. The molecule has 2 heteroatoms. The fourth-order valence-electron chi connectivity index (χ4n) is 7.26. The van der Waals surface area contributed by atoms with E-state index in [0.717, 1.165) is 47.3 Å². The van der Waals surface area contributed by atoms with Crippen molar-refractivity contribution in [3.8, 4) is 0 Å². The smallest absolute Gasteiger partial charge is 0.0247 e. The van der Waals surface area contributed by atoms with Crippen LogP contribution >= 0.6 is 0 Å². The molecule has 4 bridgehead atoms. The molecular formula is C17H28N2. The average molecular weight is 260 g/mol. The molecular weight excluding hydrogens is 232 g/mol. The first-order valence-corrected chi connectivity index (χ1v) is 8.81. The minimum Gasteiger partial charge on any atom is -0.271 e. The fourth-order valence-corrected chi connectivity index (χ4v) is 7.26. The molecule has 5 rings (SSSR count). The van der Waals surface area contributed by atoms with Gasteiger partial charge in [0.25, 0.3) is 0 Å². The number of rotatable bonds is 4. The Kier molecular flexibility index (Phi) is 2.42. The molecule has 106 valence electrons. The largest absolute Gasteiger partial charge is 0.271 e. The second-order valence-corrected chi connectivity index (χ2v) is 8.51.